The van der Waals surface area contributed by atoms with Crippen LogP contribution in [-0.2, 0) is 19.7 Å². The van der Waals surface area contributed by atoms with Gasteiger partial charge in [-0.2, -0.15) is 0 Å². The lowest BCUT2D eigenvalue weighted by Crippen LogP contribution is -2.45. The van der Waals surface area contributed by atoms with Crippen LogP contribution in [-0.4, -0.2) is 31.1 Å². The van der Waals surface area contributed by atoms with E-state index >= 15 is 0 Å². The van der Waals surface area contributed by atoms with Gasteiger partial charge in [-0.25, -0.2) is 0 Å². The fraction of sp³-hybridized carbons (Fsp3) is 0.583. The standard InChI is InChI=1S/C24H36N2O3/c1-4-6-14-24(13-5-2,19-10-8-7-9-11-19)23(28)29-21-16-18(3)20(21)12-15-26-17-22(25)27/h7-11,20-21,26H,3-6,12-17H2,1-2H3,(H2,25,27). The van der Waals surface area contributed by atoms with E-state index in [2.05, 4.69) is 37.9 Å². The van der Waals surface area contributed by atoms with Crippen molar-refractivity contribution in [2.75, 3.05) is 13.1 Å². The molecule has 160 valence electrons. The fourth-order valence-electron chi connectivity index (χ4n) is 4.29. The van der Waals surface area contributed by atoms with Crippen LogP contribution in [0.2, 0.25) is 0 Å². The summed E-state index contributed by atoms with van der Waals surface area (Å²) in [5.41, 5.74) is 6.74. The van der Waals surface area contributed by atoms with Crippen molar-refractivity contribution >= 4 is 11.9 Å². The van der Waals surface area contributed by atoms with Crippen molar-refractivity contribution in [1.82, 2.24) is 5.32 Å². The fourth-order valence-corrected chi connectivity index (χ4v) is 4.29. The predicted molar refractivity (Wildman–Crippen MR) is 116 cm³/mol. The molecule has 0 spiro atoms. The van der Waals surface area contributed by atoms with Crippen LogP contribution in [0.4, 0.5) is 0 Å². The molecule has 3 atom stereocenters. The van der Waals surface area contributed by atoms with E-state index in [0.717, 1.165) is 56.1 Å². The van der Waals surface area contributed by atoms with E-state index in [4.69, 9.17) is 10.5 Å². The average molecular weight is 401 g/mol. The van der Waals surface area contributed by atoms with Gasteiger partial charge in [-0.15, -0.1) is 0 Å². The molecule has 2 rings (SSSR count). The molecule has 0 saturated heterocycles. The van der Waals surface area contributed by atoms with Crippen LogP contribution in [0, 0.1) is 5.92 Å². The Labute approximate surface area is 175 Å². The minimum atomic E-state index is -0.586. The van der Waals surface area contributed by atoms with Crippen LogP contribution in [0.1, 0.15) is 64.4 Å². The van der Waals surface area contributed by atoms with Gasteiger partial charge in [-0.05, 0) is 31.4 Å². The van der Waals surface area contributed by atoms with Crippen molar-refractivity contribution in [3.05, 3.63) is 48.0 Å². The maximum atomic E-state index is 13.5. The number of hydrogen-bond acceptors (Lipinski definition) is 4. The smallest absolute Gasteiger partial charge is 0.316 e. The number of amides is 1. The van der Waals surface area contributed by atoms with Gasteiger partial charge < -0.3 is 15.8 Å². The van der Waals surface area contributed by atoms with E-state index in [1.807, 2.05) is 18.2 Å². The number of nitrogens with two attached hydrogens (primary N) is 1. The Balaban J connectivity index is 2.10. The summed E-state index contributed by atoms with van der Waals surface area (Å²) in [7, 11) is 0. The first kappa shape index (κ1) is 23.1. The summed E-state index contributed by atoms with van der Waals surface area (Å²) < 4.78 is 6.10. The summed E-state index contributed by atoms with van der Waals surface area (Å²) in [6.07, 6.45) is 5.91. The first-order valence-electron chi connectivity index (χ1n) is 10.9. The SMILES string of the molecule is C=C1CC(OC(=O)C(CCC)(CCCC)c2ccccc2)C1CCNCC(N)=O. The highest BCUT2D eigenvalue weighted by atomic mass is 16.5. The van der Waals surface area contributed by atoms with E-state index in [-0.39, 0.29) is 30.4 Å². The molecule has 3 unspecified atom stereocenters. The number of hydrogen-bond donors (Lipinski definition) is 2. The van der Waals surface area contributed by atoms with Crippen LogP contribution in [0.5, 0.6) is 0 Å². The van der Waals surface area contributed by atoms with Gasteiger partial charge in [-0.3, -0.25) is 9.59 Å². The van der Waals surface area contributed by atoms with Gasteiger partial charge in [0.2, 0.25) is 5.91 Å². The van der Waals surface area contributed by atoms with E-state index in [1.54, 1.807) is 0 Å². The number of ether oxygens (including phenoxy) is 1. The molecule has 0 radical (unpaired) electrons. The summed E-state index contributed by atoms with van der Waals surface area (Å²) in [6, 6.07) is 10.1. The van der Waals surface area contributed by atoms with Gasteiger partial charge >= 0.3 is 5.97 Å². The van der Waals surface area contributed by atoms with Crippen LogP contribution >= 0.6 is 0 Å². The molecule has 0 aromatic heterocycles. The second-order valence-corrected chi connectivity index (χ2v) is 8.15. The maximum Gasteiger partial charge on any atom is 0.316 e. The number of primary amides is 1. The molecule has 0 aliphatic heterocycles. The van der Waals surface area contributed by atoms with Crippen LogP contribution in [0.15, 0.2) is 42.5 Å². The number of nitrogens with one attached hydrogen (secondary N) is 1. The quantitative estimate of drug-likeness (QED) is 0.299. The van der Waals surface area contributed by atoms with E-state index < -0.39 is 5.41 Å². The van der Waals surface area contributed by atoms with Gasteiger partial charge in [-0.1, -0.05) is 75.6 Å². The zero-order valence-corrected chi connectivity index (χ0v) is 17.9. The summed E-state index contributed by atoms with van der Waals surface area (Å²) in [5.74, 6) is -0.337. The molecule has 1 amide bonds. The number of benzene rings is 1. The molecule has 5 heteroatoms. The molecule has 0 heterocycles. The molecule has 1 aliphatic rings. The zero-order chi connectivity index (χ0) is 21.3. The third kappa shape index (κ3) is 5.92. The van der Waals surface area contributed by atoms with Gasteiger partial charge in [0.05, 0.1) is 12.0 Å². The summed E-state index contributed by atoms with van der Waals surface area (Å²) in [6.45, 7) is 9.19. The highest BCUT2D eigenvalue weighted by Gasteiger charge is 2.44. The highest BCUT2D eigenvalue weighted by molar-refractivity contribution is 5.83. The average Bonchev–Trinajstić information content (AvgIpc) is 2.70. The van der Waals surface area contributed by atoms with Crippen molar-refractivity contribution in [2.45, 2.75) is 70.3 Å². The first-order chi connectivity index (χ1) is 13.9. The molecule has 3 N–H and O–H groups in total. The molecule has 0 bridgehead atoms. The van der Waals surface area contributed by atoms with Crippen molar-refractivity contribution in [3.63, 3.8) is 0 Å². The number of esters is 1. The Morgan fingerprint density at radius 1 is 1.21 bits per heavy atom. The Kier molecular flexibility index (Phi) is 8.90. The third-order valence-electron chi connectivity index (χ3n) is 5.98. The second kappa shape index (κ2) is 11.1. The molecule has 1 fully saturated rings. The second-order valence-electron chi connectivity index (χ2n) is 8.15. The number of rotatable bonds is 13. The normalized spacial score (nSPS) is 20.6. The topological polar surface area (TPSA) is 81.4 Å². The number of unbranched alkanes of at least 4 members (excludes halogenated alkanes) is 1. The summed E-state index contributed by atoms with van der Waals surface area (Å²) >= 11 is 0. The lowest BCUT2D eigenvalue weighted by molar-refractivity contribution is -0.162. The molecule has 1 aromatic carbocycles. The molecule has 1 aliphatic carbocycles. The zero-order valence-electron chi connectivity index (χ0n) is 17.9. The Bertz CT molecular complexity index is 689. The molecular formula is C24H36N2O3. The van der Waals surface area contributed by atoms with E-state index in [1.165, 1.54) is 0 Å². The van der Waals surface area contributed by atoms with Crippen molar-refractivity contribution in [3.8, 4) is 0 Å². The van der Waals surface area contributed by atoms with Crippen LogP contribution in [0.25, 0.3) is 0 Å². The van der Waals surface area contributed by atoms with Gasteiger partial charge in [0, 0.05) is 12.3 Å². The Hall–Kier alpha value is -2.14. The number of carbonyl (C=O) groups is 2. The predicted octanol–water partition coefficient (Wildman–Crippen LogP) is 3.87. The van der Waals surface area contributed by atoms with Crippen molar-refractivity contribution in [2.24, 2.45) is 11.7 Å². The minimum Gasteiger partial charge on any atom is -0.461 e. The summed E-state index contributed by atoms with van der Waals surface area (Å²) in [5, 5.41) is 3.03. The van der Waals surface area contributed by atoms with Gasteiger partial charge in [0.1, 0.15) is 6.10 Å². The van der Waals surface area contributed by atoms with Gasteiger partial charge in [0.15, 0.2) is 0 Å². The highest BCUT2D eigenvalue weighted by Crippen LogP contribution is 2.42. The van der Waals surface area contributed by atoms with Crippen LogP contribution in [0.3, 0.4) is 0 Å². The van der Waals surface area contributed by atoms with E-state index in [9.17, 15) is 9.59 Å². The minimum absolute atomic E-state index is 0.105. The van der Waals surface area contributed by atoms with Crippen LogP contribution < -0.4 is 11.1 Å². The monoisotopic (exact) mass is 400 g/mol. The lowest BCUT2D eigenvalue weighted by Gasteiger charge is -2.41. The molecular weight excluding hydrogens is 364 g/mol. The third-order valence-corrected chi connectivity index (χ3v) is 5.98. The maximum absolute atomic E-state index is 13.5. The Morgan fingerprint density at radius 3 is 2.52 bits per heavy atom. The summed E-state index contributed by atoms with van der Waals surface area (Å²) in [4.78, 5) is 24.4. The molecule has 1 saturated carbocycles. The number of carbonyl (C=O) groups excluding carboxylic acids is 2. The van der Waals surface area contributed by atoms with Gasteiger partial charge in [0.25, 0.3) is 0 Å². The van der Waals surface area contributed by atoms with Crippen molar-refractivity contribution in [1.29, 1.82) is 0 Å². The largest absolute Gasteiger partial charge is 0.461 e. The molecule has 1 aromatic rings. The van der Waals surface area contributed by atoms with Crippen molar-refractivity contribution < 1.29 is 14.3 Å². The first-order valence-corrected chi connectivity index (χ1v) is 10.9. The Morgan fingerprint density at radius 2 is 1.93 bits per heavy atom. The molecule has 29 heavy (non-hydrogen) atoms. The van der Waals surface area contributed by atoms with E-state index in [0.29, 0.717) is 6.54 Å². The lowest BCUT2D eigenvalue weighted by atomic mass is 9.72. The molecule has 5 nitrogen and oxygen atoms in total.